The molecule has 31 heavy (non-hydrogen) atoms. The summed E-state index contributed by atoms with van der Waals surface area (Å²) in [5.41, 5.74) is 7.61. The van der Waals surface area contributed by atoms with Crippen LogP contribution in [0.25, 0.3) is 34.4 Å². The van der Waals surface area contributed by atoms with Gasteiger partial charge in [-0.1, -0.05) is 133 Å². The van der Waals surface area contributed by atoms with Crippen LogP contribution in [-0.4, -0.2) is 11.5 Å². The van der Waals surface area contributed by atoms with Crippen molar-refractivity contribution in [1.82, 2.24) is 0 Å². The summed E-state index contributed by atoms with van der Waals surface area (Å²) in [6, 6.07) is 38.3. The van der Waals surface area contributed by atoms with Crippen LogP contribution in [0, 0.1) is 0 Å². The van der Waals surface area contributed by atoms with E-state index in [0.717, 1.165) is 11.5 Å². The highest BCUT2D eigenvalue weighted by molar-refractivity contribution is 7.99. The Morgan fingerprint density at radius 1 is 0.452 bits per heavy atom. The number of thioether (sulfide) groups is 1. The highest BCUT2D eigenvalue weighted by atomic mass is 32.2. The average molecular weight is 419 g/mol. The molecule has 4 aromatic rings. The minimum atomic E-state index is 0.994. The molecule has 0 aliphatic heterocycles. The first kappa shape index (κ1) is 21.0. The third-order valence-corrected chi connectivity index (χ3v) is 5.97. The number of rotatable bonds is 8. The lowest BCUT2D eigenvalue weighted by atomic mass is 9.99. The van der Waals surface area contributed by atoms with Gasteiger partial charge in [0.15, 0.2) is 0 Å². The van der Waals surface area contributed by atoms with Gasteiger partial charge in [0.05, 0.1) is 0 Å². The molecule has 0 N–H and O–H groups in total. The molecule has 0 atom stereocenters. The number of benzene rings is 4. The van der Waals surface area contributed by atoms with Gasteiger partial charge in [-0.15, -0.1) is 0 Å². The highest BCUT2D eigenvalue weighted by Gasteiger charge is 2.02. The minimum absolute atomic E-state index is 0.994. The Hall–Kier alpha value is -3.29. The maximum Gasteiger partial charge on any atom is 0.0119 e. The second-order valence-corrected chi connectivity index (χ2v) is 8.32. The van der Waals surface area contributed by atoms with E-state index in [1.165, 1.54) is 33.4 Å². The molecule has 0 saturated heterocycles. The van der Waals surface area contributed by atoms with Crippen molar-refractivity contribution in [1.29, 1.82) is 0 Å². The molecule has 0 radical (unpaired) electrons. The highest BCUT2D eigenvalue weighted by Crippen LogP contribution is 2.25. The average Bonchev–Trinajstić information content (AvgIpc) is 2.85. The van der Waals surface area contributed by atoms with Crippen molar-refractivity contribution >= 4 is 23.9 Å². The Morgan fingerprint density at radius 2 is 0.839 bits per heavy atom. The van der Waals surface area contributed by atoms with E-state index in [-0.39, 0.29) is 0 Å². The van der Waals surface area contributed by atoms with Gasteiger partial charge < -0.3 is 0 Å². The van der Waals surface area contributed by atoms with E-state index in [4.69, 9.17) is 0 Å². The lowest BCUT2D eigenvalue weighted by molar-refractivity contribution is 1.58. The first-order valence-electron chi connectivity index (χ1n) is 10.6. The van der Waals surface area contributed by atoms with E-state index in [1.54, 1.807) is 0 Å². The van der Waals surface area contributed by atoms with Crippen LogP contribution >= 0.6 is 11.8 Å². The van der Waals surface area contributed by atoms with Gasteiger partial charge in [-0.2, -0.15) is 11.8 Å². The van der Waals surface area contributed by atoms with Gasteiger partial charge in [0.2, 0.25) is 0 Å². The molecule has 0 saturated carbocycles. The van der Waals surface area contributed by atoms with Crippen molar-refractivity contribution in [2.45, 2.75) is 0 Å². The quantitative estimate of drug-likeness (QED) is 0.259. The third kappa shape index (κ3) is 5.87. The van der Waals surface area contributed by atoms with Crippen LogP contribution in [0.15, 0.2) is 121 Å². The van der Waals surface area contributed by atoms with E-state index < -0.39 is 0 Å². The zero-order valence-electron chi connectivity index (χ0n) is 17.5. The Kier molecular flexibility index (Phi) is 7.57. The molecule has 0 nitrogen and oxygen atoms in total. The molecule has 0 spiro atoms. The fraction of sp³-hybridized carbons (Fsp3) is 0.0667. The largest absolute Gasteiger partial charge is 0.154 e. The summed E-state index contributed by atoms with van der Waals surface area (Å²) in [7, 11) is 0. The zero-order valence-corrected chi connectivity index (χ0v) is 18.3. The van der Waals surface area contributed by atoms with E-state index in [2.05, 4.69) is 133 Å². The van der Waals surface area contributed by atoms with Crippen LogP contribution in [0.4, 0.5) is 0 Å². The molecule has 0 aromatic heterocycles. The molecular formula is C30H26S. The Morgan fingerprint density at radius 3 is 1.29 bits per heavy atom. The Bertz CT molecular complexity index is 1050. The second kappa shape index (κ2) is 11.2. The molecule has 0 amide bonds. The normalized spacial score (nSPS) is 11.4. The SMILES string of the molecule is C(=C\c1ccccc1-c1ccccc1)/CSC/C=C/c1ccccc1-c1ccccc1. The van der Waals surface area contributed by atoms with Crippen molar-refractivity contribution in [2.24, 2.45) is 0 Å². The van der Waals surface area contributed by atoms with Crippen LogP contribution in [0.3, 0.4) is 0 Å². The predicted octanol–water partition coefficient (Wildman–Crippen LogP) is 8.48. The molecule has 152 valence electrons. The van der Waals surface area contributed by atoms with Gasteiger partial charge in [-0.3, -0.25) is 0 Å². The fourth-order valence-electron chi connectivity index (χ4n) is 3.60. The molecule has 0 aliphatic rings. The van der Waals surface area contributed by atoms with E-state index in [0.29, 0.717) is 0 Å². The van der Waals surface area contributed by atoms with Gasteiger partial charge >= 0.3 is 0 Å². The van der Waals surface area contributed by atoms with Crippen molar-refractivity contribution < 1.29 is 0 Å². The topological polar surface area (TPSA) is 0 Å². The predicted molar refractivity (Wildman–Crippen MR) is 139 cm³/mol. The molecule has 0 heterocycles. The lowest BCUT2D eigenvalue weighted by Gasteiger charge is -2.06. The third-order valence-electron chi connectivity index (χ3n) is 5.11. The second-order valence-electron chi connectivity index (χ2n) is 7.25. The van der Waals surface area contributed by atoms with Crippen LogP contribution in [-0.2, 0) is 0 Å². The smallest absolute Gasteiger partial charge is 0.0119 e. The first-order valence-corrected chi connectivity index (χ1v) is 11.8. The molecule has 0 unspecified atom stereocenters. The van der Waals surface area contributed by atoms with Gasteiger partial charge in [0.1, 0.15) is 0 Å². The van der Waals surface area contributed by atoms with Crippen LogP contribution < -0.4 is 0 Å². The van der Waals surface area contributed by atoms with Crippen molar-refractivity contribution in [3.05, 3.63) is 132 Å². The summed E-state index contributed by atoms with van der Waals surface area (Å²) >= 11 is 1.92. The maximum atomic E-state index is 2.26. The molecule has 4 aromatic carbocycles. The summed E-state index contributed by atoms with van der Waals surface area (Å²) in [4.78, 5) is 0. The maximum absolute atomic E-state index is 2.26. The summed E-state index contributed by atoms with van der Waals surface area (Å²) in [5.74, 6) is 1.99. The van der Waals surface area contributed by atoms with Gasteiger partial charge in [-0.25, -0.2) is 0 Å². The molecular weight excluding hydrogens is 392 g/mol. The summed E-state index contributed by atoms with van der Waals surface area (Å²) in [5, 5.41) is 0. The zero-order chi connectivity index (χ0) is 21.1. The number of hydrogen-bond donors (Lipinski definition) is 0. The van der Waals surface area contributed by atoms with Crippen molar-refractivity contribution in [3.8, 4) is 22.3 Å². The Labute approximate surface area is 190 Å². The minimum Gasteiger partial charge on any atom is -0.154 e. The summed E-state index contributed by atoms with van der Waals surface area (Å²) in [6.45, 7) is 0. The van der Waals surface area contributed by atoms with E-state index in [9.17, 15) is 0 Å². The van der Waals surface area contributed by atoms with E-state index >= 15 is 0 Å². The number of hydrogen-bond acceptors (Lipinski definition) is 1. The monoisotopic (exact) mass is 418 g/mol. The van der Waals surface area contributed by atoms with Crippen molar-refractivity contribution in [3.63, 3.8) is 0 Å². The molecule has 1 heteroatoms. The van der Waals surface area contributed by atoms with Crippen LogP contribution in [0.5, 0.6) is 0 Å². The molecule has 0 fully saturated rings. The lowest BCUT2D eigenvalue weighted by Crippen LogP contribution is -1.83. The molecule has 0 aliphatic carbocycles. The fourth-order valence-corrected chi connectivity index (χ4v) is 4.20. The molecule has 4 rings (SSSR count). The summed E-state index contributed by atoms with van der Waals surface area (Å²) < 4.78 is 0. The summed E-state index contributed by atoms with van der Waals surface area (Å²) in [6.07, 6.45) is 9.00. The standard InChI is InChI=1S/C30H26S/c1-3-13-25(14-4-1)29-21-9-7-17-27(29)19-11-23-31-24-12-20-28-18-8-10-22-30(28)26-15-5-2-6-16-26/h1-22H,23-24H2/b19-11+,20-12+. The van der Waals surface area contributed by atoms with Gasteiger partial charge in [0.25, 0.3) is 0 Å². The van der Waals surface area contributed by atoms with Crippen LogP contribution in [0.1, 0.15) is 11.1 Å². The van der Waals surface area contributed by atoms with Crippen LogP contribution in [0.2, 0.25) is 0 Å². The molecule has 0 bridgehead atoms. The van der Waals surface area contributed by atoms with E-state index in [1.807, 2.05) is 11.8 Å². The van der Waals surface area contributed by atoms with Crippen molar-refractivity contribution in [2.75, 3.05) is 11.5 Å². The van der Waals surface area contributed by atoms with Gasteiger partial charge in [-0.05, 0) is 33.4 Å². The Balaban J connectivity index is 1.33. The van der Waals surface area contributed by atoms with Gasteiger partial charge in [0, 0.05) is 11.5 Å². The first-order chi connectivity index (χ1) is 15.4.